The van der Waals surface area contributed by atoms with Crippen molar-refractivity contribution in [2.24, 2.45) is 0 Å². The van der Waals surface area contributed by atoms with Gasteiger partial charge < -0.3 is 10.4 Å². The Bertz CT molecular complexity index is 1340. The fraction of sp³-hybridized carbons (Fsp3) is 0.120. The van der Waals surface area contributed by atoms with Gasteiger partial charge in [-0.2, -0.15) is 0 Å². The SMILES string of the molecule is O=C(O)CONC(=O)c1cccc(CNC(=O)Cc2nc3ccc(-c4ccccc4)cc3s2)c1. The van der Waals surface area contributed by atoms with Crippen molar-refractivity contribution in [1.82, 2.24) is 15.8 Å². The largest absolute Gasteiger partial charge is 0.479 e. The number of aliphatic carboxylic acids is 1. The van der Waals surface area contributed by atoms with Gasteiger partial charge in [-0.15, -0.1) is 11.3 Å². The Morgan fingerprint density at radius 3 is 2.56 bits per heavy atom. The second-order valence-electron chi connectivity index (χ2n) is 7.42. The lowest BCUT2D eigenvalue weighted by atomic mass is 10.1. The van der Waals surface area contributed by atoms with Gasteiger partial charge in [0.05, 0.1) is 16.6 Å². The summed E-state index contributed by atoms with van der Waals surface area (Å²) in [4.78, 5) is 44.1. The first-order valence-corrected chi connectivity index (χ1v) is 11.2. The highest BCUT2D eigenvalue weighted by Gasteiger charge is 2.11. The maximum Gasteiger partial charge on any atom is 0.332 e. The quantitative estimate of drug-likeness (QED) is 0.319. The summed E-state index contributed by atoms with van der Waals surface area (Å²) in [5.74, 6) is -1.94. The molecule has 9 heteroatoms. The Kier molecular flexibility index (Phi) is 7.26. The van der Waals surface area contributed by atoms with Crippen molar-refractivity contribution < 1.29 is 24.3 Å². The summed E-state index contributed by atoms with van der Waals surface area (Å²) in [5, 5.41) is 12.1. The average molecular weight is 476 g/mol. The number of hydrogen-bond acceptors (Lipinski definition) is 6. The van der Waals surface area contributed by atoms with Gasteiger partial charge in [-0.25, -0.2) is 15.3 Å². The number of amides is 2. The van der Waals surface area contributed by atoms with E-state index in [1.165, 1.54) is 11.3 Å². The van der Waals surface area contributed by atoms with Crippen molar-refractivity contribution in [3.63, 3.8) is 0 Å². The molecular weight excluding hydrogens is 454 g/mol. The summed E-state index contributed by atoms with van der Waals surface area (Å²) in [6.45, 7) is -0.403. The summed E-state index contributed by atoms with van der Waals surface area (Å²) in [7, 11) is 0. The number of benzene rings is 3. The number of carboxylic acids is 1. The molecule has 34 heavy (non-hydrogen) atoms. The molecule has 1 aromatic heterocycles. The van der Waals surface area contributed by atoms with Crippen LogP contribution in [-0.4, -0.2) is 34.5 Å². The normalized spacial score (nSPS) is 10.7. The second-order valence-corrected chi connectivity index (χ2v) is 8.54. The monoisotopic (exact) mass is 475 g/mol. The highest BCUT2D eigenvalue weighted by molar-refractivity contribution is 7.18. The van der Waals surface area contributed by atoms with Crippen LogP contribution in [0.1, 0.15) is 20.9 Å². The third-order valence-electron chi connectivity index (χ3n) is 4.89. The zero-order valence-electron chi connectivity index (χ0n) is 18.0. The van der Waals surface area contributed by atoms with E-state index < -0.39 is 18.5 Å². The molecule has 0 saturated heterocycles. The molecule has 0 spiro atoms. The Balaban J connectivity index is 1.34. The van der Waals surface area contributed by atoms with Crippen molar-refractivity contribution >= 4 is 39.3 Å². The minimum absolute atomic E-state index is 0.156. The van der Waals surface area contributed by atoms with Gasteiger partial charge >= 0.3 is 5.97 Å². The van der Waals surface area contributed by atoms with E-state index in [1.54, 1.807) is 24.3 Å². The zero-order valence-corrected chi connectivity index (χ0v) is 18.8. The van der Waals surface area contributed by atoms with Crippen molar-refractivity contribution in [3.05, 3.63) is 88.9 Å². The molecule has 172 valence electrons. The molecule has 1 heterocycles. The number of thiazole rings is 1. The van der Waals surface area contributed by atoms with Gasteiger partial charge in [-0.1, -0.05) is 48.5 Å². The first-order valence-electron chi connectivity index (χ1n) is 10.4. The molecule has 3 aromatic carbocycles. The predicted molar refractivity (Wildman–Crippen MR) is 128 cm³/mol. The number of aromatic nitrogens is 1. The number of hydrogen-bond donors (Lipinski definition) is 3. The molecule has 0 radical (unpaired) electrons. The van der Waals surface area contributed by atoms with Crippen LogP contribution in [0.15, 0.2) is 72.8 Å². The van der Waals surface area contributed by atoms with Crippen LogP contribution >= 0.6 is 11.3 Å². The first kappa shape index (κ1) is 23.1. The van der Waals surface area contributed by atoms with E-state index in [0.717, 1.165) is 31.9 Å². The first-order chi connectivity index (χ1) is 16.5. The number of hydroxylamine groups is 1. The van der Waals surface area contributed by atoms with E-state index in [0.29, 0.717) is 0 Å². The van der Waals surface area contributed by atoms with Crippen molar-refractivity contribution in [1.29, 1.82) is 0 Å². The van der Waals surface area contributed by atoms with Crippen LogP contribution in [0.3, 0.4) is 0 Å². The average Bonchev–Trinajstić information content (AvgIpc) is 3.24. The van der Waals surface area contributed by atoms with Crippen molar-refractivity contribution in [2.75, 3.05) is 6.61 Å². The van der Waals surface area contributed by atoms with Crippen LogP contribution in [0, 0.1) is 0 Å². The molecule has 0 aliphatic heterocycles. The minimum atomic E-state index is -1.19. The molecule has 4 rings (SSSR count). The molecule has 2 amide bonds. The van der Waals surface area contributed by atoms with Gasteiger partial charge in [0.25, 0.3) is 5.91 Å². The fourth-order valence-corrected chi connectivity index (χ4v) is 4.31. The van der Waals surface area contributed by atoms with Gasteiger partial charge in [-0.05, 0) is 41.0 Å². The van der Waals surface area contributed by atoms with E-state index in [2.05, 4.69) is 38.8 Å². The fourth-order valence-electron chi connectivity index (χ4n) is 3.30. The van der Waals surface area contributed by atoms with Gasteiger partial charge in [0.15, 0.2) is 6.61 Å². The lowest BCUT2D eigenvalue weighted by molar-refractivity contribution is -0.144. The lowest BCUT2D eigenvalue weighted by Crippen LogP contribution is -2.27. The summed E-state index contributed by atoms with van der Waals surface area (Å²) < 4.78 is 1.02. The molecule has 8 nitrogen and oxygen atoms in total. The summed E-state index contributed by atoms with van der Waals surface area (Å²) in [5.41, 5.74) is 6.16. The topological polar surface area (TPSA) is 118 Å². The molecule has 3 N–H and O–H groups in total. The number of nitrogens with one attached hydrogen (secondary N) is 2. The lowest BCUT2D eigenvalue weighted by Gasteiger charge is -2.07. The summed E-state index contributed by atoms with van der Waals surface area (Å²) >= 11 is 1.49. The molecule has 0 fully saturated rings. The number of carbonyl (C=O) groups is 3. The highest BCUT2D eigenvalue weighted by atomic mass is 32.1. The molecule has 0 bridgehead atoms. The zero-order chi connectivity index (χ0) is 23.9. The third-order valence-corrected chi connectivity index (χ3v) is 5.91. The Labute approximate surface area is 199 Å². The summed E-state index contributed by atoms with van der Waals surface area (Å²) in [6, 6.07) is 22.8. The molecule has 0 atom stereocenters. The van der Waals surface area contributed by atoms with E-state index in [-0.39, 0.29) is 24.4 Å². The van der Waals surface area contributed by atoms with E-state index in [9.17, 15) is 14.4 Å². The van der Waals surface area contributed by atoms with Crippen LogP contribution in [0.5, 0.6) is 0 Å². The molecular formula is C25H21N3O5S. The minimum Gasteiger partial charge on any atom is -0.479 e. The molecule has 4 aromatic rings. The van der Waals surface area contributed by atoms with Crippen LogP contribution in [0.4, 0.5) is 0 Å². The number of carbonyl (C=O) groups excluding carboxylic acids is 2. The molecule has 0 aliphatic carbocycles. The maximum absolute atomic E-state index is 12.5. The predicted octanol–water partition coefficient (Wildman–Crippen LogP) is 3.57. The second kappa shape index (κ2) is 10.7. The molecule has 0 aliphatic rings. The van der Waals surface area contributed by atoms with Gasteiger partial charge in [0.1, 0.15) is 5.01 Å². The Morgan fingerprint density at radius 1 is 0.941 bits per heavy atom. The standard InChI is InChI=1S/C25H21N3O5S/c29-22(26-14-16-5-4-8-19(11-16)25(32)28-33-15-24(30)31)13-23-27-20-10-9-18(12-21(20)34-23)17-6-2-1-3-7-17/h1-12H,13-15H2,(H,26,29)(H,28,32)(H,30,31). The number of carboxylic acid groups (broad SMARTS) is 1. The van der Waals surface area contributed by atoms with Crippen LogP contribution in [0.2, 0.25) is 0 Å². The van der Waals surface area contributed by atoms with Crippen LogP contribution in [-0.2, 0) is 27.4 Å². The van der Waals surface area contributed by atoms with Crippen molar-refractivity contribution in [3.8, 4) is 11.1 Å². The van der Waals surface area contributed by atoms with Crippen LogP contribution < -0.4 is 10.8 Å². The van der Waals surface area contributed by atoms with Crippen molar-refractivity contribution in [2.45, 2.75) is 13.0 Å². The number of rotatable bonds is 9. The Morgan fingerprint density at radius 2 is 1.76 bits per heavy atom. The van der Waals surface area contributed by atoms with Gasteiger partial charge in [0, 0.05) is 12.1 Å². The number of nitrogens with zero attached hydrogens (tertiary/aromatic N) is 1. The van der Waals surface area contributed by atoms with Gasteiger partial charge in [-0.3, -0.25) is 14.4 Å². The van der Waals surface area contributed by atoms with E-state index in [4.69, 9.17) is 5.11 Å². The highest BCUT2D eigenvalue weighted by Crippen LogP contribution is 2.28. The maximum atomic E-state index is 12.5. The molecule has 0 unspecified atom stereocenters. The van der Waals surface area contributed by atoms with Crippen LogP contribution in [0.25, 0.3) is 21.3 Å². The third kappa shape index (κ3) is 6.03. The number of fused-ring (bicyclic) bond motifs is 1. The smallest absolute Gasteiger partial charge is 0.332 e. The molecule has 0 saturated carbocycles. The van der Waals surface area contributed by atoms with Gasteiger partial charge in [0.2, 0.25) is 5.91 Å². The Hall–Kier alpha value is -4.08. The van der Waals surface area contributed by atoms with E-state index in [1.807, 2.05) is 30.3 Å². The van der Waals surface area contributed by atoms with E-state index >= 15 is 0 Å². The summed E-state index contributed by atoms with van der Waals surface area (Å²) in [6.07, 6.45) is 0.156.